The molecule has 2 aromatic rings. The van der Waals surface area contributed by atoms with Crippen LogP contribution in [0.3, 0.4) is 0 Å². The maximum Gasteiger partial charge on any atom is 0.267 e. The topological polar surface area (TPSA) is 88.9 Å². The van der Waals surface area contributed by atoms with Crippen molar-refractivity contribution in [3.05, 3.63) is 23.0 Å². The highest BCUT2D eigenvalue weighted by Crippen LogP contribution is 2.23. The van der Waals surface area contributed by atoms with Crippen LogP contribution in [-0.4, -0.2) is 36.8 Å². The molecular formula is C11H17N5O2S2. The average molecular weight is 315 g/mol. The summed E-state index contributed by atoms with van der Waals surface area (Å²) in [7, 11) is -1.81. The molecule has 2 rings (SSSR count). The van der Waals surface area contributed by atoms with Gasteiger partial charge in [0.25, 0.3) is 10.0 Å². The van der Waals surface area contributed by atoms with E-state index in [0.29, 0.717) is 23.1 Å². The van der Waals surface area contributed by atoms with E-state index in [9.17, 15) is 8.42 Å². The number of anilines is 1. The molecule has 2 aromatic heterocycles. The fourth-order valence-corrected chi connectivity index (χ4v) is 4.15. The van der Waals surface area contributed by atoms with Gasteiger partial charge in [-0.1, -0.05) is 0 Å². The van der Waals surface area contributed by atoms with E-state index in [4.69, 9.17) is 0 Å². The highest BCUT2D eigenvalue weighted by molar-refractivity contribution is 7.93. The molecule has 2 heterocycles. The van der Waals surface area contributed by atoms with Crippen LogP contribution in [-0.2, 0) is 16.6 Å². The molecule has 0 spiro atoms. The number of likely N-dealkylation sites (N-methyl/N-ethyl adjacent to an activating group) is 1. The summed E-state index contributed by atoms with van der Waals surface area (Å²) in [5.74, 6) is 0. The Labute approximate surface area is 122 Å². The zero-order valence-corrected chi connectivity index (χ0v) is 13.2. The summed E-state index contributed by atoms with van der Waals surface area (Å²) in [6.07, 6.45) is 1.55. The summed E-state index contributed by atoms with van der Waals surface area (Å²) >= 11 is 1.24. The minimum absolute atomic E-state index is 0.226. The lowest BCUT2D eigenvalue weighted by atomic mass is 10.4. The largest absolute Gasteiger partial charge is 0.318 e. The molecule has 0 unspecified atom stereocenters. The Morgan fingerprint density at radius 3 is 2.75 bits per heavy atom. The quantitative estimate of drug-likeness (QED) is 0.829. The van der Waals surface area contributed by atoms with Crippen LogP contribution >= 0.6 is 11.3 Å². The summed E-state index contributed by atoms with van der Waals surface area (Å²) in [6, 6.07) is 0. The van der Waals surface area contributed by atoms with Gasteiger partial charge in [0.2, 0.25) is 0 Å². The first-order valence-electron chi connectivity index (χ1n) is 6.06. The molecule has 0 aliphatic rings. The zero-order chi connectivity index (χ0) is 14.8. The number of sulfonamides is 1. The molecule has 0 saturated carbocycles. The summed E-state index contributed by atoms with van der Waals surface area (Å²) in [5.41, 5.74) is 1.12. The average Bonchev–Trinajstić information content (AvgIpc) is 2.94. The van der Waals surface area contributed by atoms with Crippen molar-refractivity contribution in [2.24, 2.45) is 0 Å². The monoisotopic (exact) mass is 315 g/mol. The Morgan fingerprint density at radius 1 is 1.40 bits per heavy atom. The highest BCUT2D eigenvalue weighted by atomic mass is 32.2. The second-order valence-electron chi connectivity index (χ2n) is 4.27. The van der Waals surface area contributed by atoms with Crippen molar-refractivity contribution in [3.63, 3.8) is 0 Å². The van der Waals surface area contributed by atoms with Crippen molar-refractivity contribution in [2.75, 3.05) is 18.3 Å². The van der Waals surface area contributed by atoms with E-state index in [1.54, 1.807) is 30.1 Å². The van der Waals surface area contributed by atoms with Gasteiger partial charge in [0.1, 0.15) is 4.90 Å². The highest BCUT2D eigenvalue weighted by Gasteiger charge is 2.25. The van der Waals surface area contributed by atoms with Gasteiger partial charge in [-0.15, -0.1) is 11.3 Å². The maximum atomic E-state index is 12.4. The van der Waals surface area contributed by atoms with E-state index in [0.717, 1.165) is 6.54 Å². The summed E-state index contributed by atoms with van der Waals surface area (Å²) in [6.45, 7) is 4.79. The van der Waals surface area contributed by atoms with E-state index in [2.05, 4.69) is 20.1 Å². The molecule has 0 aromatic carbocycles. The summed E-state index contributed by atoms with van der Waals surface area (Å²) in [5, 5.41) is 9.37. The molecule has 0 bridgehead atoms. The molecule has 110 valence electrons. The van der Waals surface area contributed by atoms with Crippen molar-refractivity contribution in [3.8, 4) is 0 Å². The molecule has 0 atom stereocenters. The molecular weight excluding hydrogens is 298 g/mol. The van der Waals surface area contributed by atoms with Gasteiger partial charge < -0.3 is 5.32 Å². The van der Waals surface area contributed by atoms with Crippen molar-refractivity contribution in [1.82, 2.24) is 20.1 Å². The Kier molecular flexibility index (Phi) is 4.41. The predicted octanol–water partition coefficient (Wildman–Crippen LogP) is 0.977. The number of rotatable bonds is 6. The second kappa shape index (κ2) is 5.90. The zero-order valence-electron chi connectivity index (χ0n) is 11.5. The van der Waals surface area contributed by atoms with E-state index >= 15 is 0 Å². The minimum Gasteiger partial charge on any atom is -0.318 e. The maximum absolute atomic E-state index is 12.4. The van der Waals surface area contributed by atoms with Gasteiger partial charge >= 0.3 is 0 Å². The van der Waals surface area contributed by atoms with Crippen LogP contribution in [0.4, 0.5) is 5.13 Å². The third-order valence-corrected chi connectivity index (χ3v) is 5.22. The minimum atomic E-state index is -3.65. The fraction of sp³-hybridized carbons (Fsp3) is 0.455. The van der Waals surface area contributed by atoms with Crippen LogP contribution in [0.15, 0.2) is 16.5 Å². The van der Waals surface area contributed by atoms with Gasteiger partial charge in [-0.3, -0.25) is 9.40 Å². The number of nitrogens with one attached hydrogen (secondary N) is 2. The van der Waals surface area contributed by atoms with E-state index in [1.807, 2.05) is 7.05 Å². The number of nitrogens with zero attached hydrogens (tertiary/aromatic N) is 3. The molecule has 0 saturated heterocycles. The molecule has 7 nitrogen and oxygen atoms in total. The van der Waals surface area contributed by atoms with Crippen LogP contribution < -0.4 is 10.0 Å². The first-order chi connectivity index (χ1) is 9.45. The molecule has 2 N–H and O–H groups in total. The molecule has 0 aliphatic carbocycles. The SMILES string of the molecule is CNCCn1nc(C)c(S(=O)(=O)Nc2nccs2)c1C. The standard InChI is InChI=1S/C11H17N5O2S2/c1-8-10(9(2)16(14-8)6-4-12-3)20(17,18)15-11-13-5-7-19-11/h5,7,12H,4,6H2,1-3H3,(H,13,15). The van der Waals surface area contributed by atoms with Crippen LogP contribution in [0, 0.1) is 13.8 Å². The van der Waals surface area contributed by atoms with Gasteiger partial charge in [0.15, 0.2) is 5.13 Å². The molecule has 20 heavy (non-hydrogen) atoms. The molecule has 0 radical (unpaired) electrons. The predicted molar refractivity (Wildman–Crippen MR) is 78.6 cm³/mol. The fourth-order valence-electron chi connectivity index (χ4n) is 1.94. The summed E-state index contributed by atoms with van der Waals surface area (Å²) < 4.78 is 29.0. The molecule has 0 amide bonds. The Morgan fingerprint density at radius 2 is 2.15 bits per heavy atom. The van der Waals surface area contributed by atoms with Crippen molar-refractivity contribution < 1.29 is 8.42 Å². The molecule has 9 heteroatoms. The van der Waals surface area contributed by atoms with Crippen LogP contribution in [0.2, 0.25) is 0 Å². The number of aryl methyl sites for hydroxylation is 1. The van der Waals surface area contributed by atoms with Gasteiger partial charge in [0, 0.05) is 18.1 Å². The van der Waals surface area contributed by atoms with E-state index < -0.39 is 10.0 Å². The van der Waals surface area contributed by atoms with Crippen molar-refractivity contribution in [1.29, 1.82) is 0 Å². The van der Waals surface area contributed by atoms with Gasteiger partial charge in [-0.2, -0.15) is 5.10 Å². The van der Waals surface area contributed by atoms with E-state index in [1.165, 1.54) is 11.3 Å². The molecule has 0 aliphatic heterocycles. The Hall–Kier alpha value is -1.45. The summed E-state index contributed by atoms with van der Waals surface area (Å²) in [4.78, 5) is 4.16. The lowest BCUT2D eigenvalue weighted by molar-refractivity contribution is 0.566. The first kappa shape index (κ1) is 14.9. The van der Waals surface area contributed by atoms with E-state index in [-0.39, 0.29) is 4.90 Å². The van der Waals surface area contributed by atoms with Crippen LogP contribution in [0.25, 0.3) is 0 Å². The smallest absolute Gasteiger partial charge is 0.267 e. The number of hydrogen-bond acceptors (Lipinski definition) is 6. The van der Waals surface area contributed by atoms with Gasteiger partial charge in [-0.25, -0.2) is 13.4 Å². The first-order valence-corrected chi connectivity index (χ1v) is 8.43. The third-order valence-electron chi connectivity index (χ3n) is 2.81. The van der Waals surface area contributed by atoms with Crippen molar-refractivity contribution >= 4 is 26.5 Å². The number of aromatic nitrogens is 3. The lowest BCUT2D eigenvalue weighted by Crippen LogP contribution is -2.18. The van der Waals surface area contributed by atoms with Gasteiger partial charge in [0.05, 0.1) is 17.9 Å². The van der Waals surface area contributed by atoms with Crippen LogP contribution in [0.1, 0.15) is 11.4 Å². The number of thiazole rings is 1. The van der Waals surface area contributed by atoms with Gasteiger partial charge in [-0.05, 0) is 20.9 Å². The van der Waals surface area contributed by atoms with Crippen molar-refractivity contribution in [2.45, 2.75) is 25.3 Å². The lowest BCUT2D eigenvalue weighted by Gasteiger charge is -2.06. The Balaban J connectivity index is 2.34. The third kappa shape index (κ3) is 3.00. The normalized spacial score (nSPS) is 11.8. The Bertz CT molecular complexity index is 676. The number of hydrogen-bond donors (Lipinski definition) is 2. The second-order valence-corrected chi connectivity index (χ2v) is 6.78. The molecule has 0 fully saturated rings. The van der Waals surface area contributed by atoms with Crippen LogP contribution in [0.5, 0.6) is 0 Å².